The molecule has 1 heterocycles. The highest BCUT2D eigenvalue weighted by Gasteiger charge is 2.32. The molecule has 220 valence electrons. The van der Waals surface area contributed by atoms with Crippen LogP contribution in [0.5, 0.6) is 11.5 Å². The molecule has 0 spiro atoms. The normalized spacial score (nSPS) is 12.6. The van der Waals surface area contributed by atoms with Gasteiger partial charge in [0.1, 0.15) is 11.5 Å². The number of nitrogens with zero attached hydrogens (tertiary/aromatic N) is 2. The van der Waals surface area contributed by atoms with Gasteiger partial charge < -0.3 is 19.3 Å². The maximum absolute atomic E-state index is 5.91. The van der Waals surface area contributed by atoms with Crippen LogP contribution >= 0.6 is 0 Å². The van der Waals surface area contributed by atoms with Crippen LogP contribution in [0, 0.1) is 0 Å². The lowest BCUT2D eigenvalue weighted by molar-refractivity contribution is 0.417. The van der Waals surface area contributed by atoms with E-state index in [2.05, 4.69) is 147 Å². The van der Waals surface area contributed by atoms with Crippen LogP contribution in [0.3, 0.4) is 0 Å². The fourth-order valence-corrected chi connectivity index (χ4v) is 6.96. The third kappa shape index (κ3) is 4.36. The van der Waals surface area contributed by atoms with Gasteiger partial charge in [-0.15, -0.1) is 0 Å². The number of fused-ring (bicyclic) bond motifs is 4. The topological polar surface area (TPSA) is 24.9 Å². The highest BCUT2D eigenvalue weighted by molar-refractivity contribution is 6.05. The van der Waals surface area contributed by atoms with Crippen molar-refractivity contribution in [2.24, 2.45) is 0 Å². The smallest absolute Gasteiger partial charge is 0.127 e. The van der Waals surface area contributed by atoms with Crippen LogP contribution in [0.4, 0.5) is 22.7 Å². The van der Waals surface area contributed by atoms with E-state index in [1.165, 1.54) is 44.3 Å². The molecule has 0 saturated heterocycles. The molecule has 6 aromatic rings. The summed E-state index contributed by atoms with van der Waals surface area (Å²) in [5, 5.41) is 4.78. The third-order valence-electron chi connectivity index (χ3n) is 8.82. The fourth-order valence-electron chi connectivity index (χ4n) is 6.96. The van der Waals surface area contributed by atoms with E-state index in [9.17, 15) is 0 Å². The summed E-state index contributed by atoms with van der Waals surface area (Å²) in [5.74, 6) is 1.76. The zero-order valence-electron chi connectivity index (χ0n) is 26.3. The van der Waals surface area contributed by atoms with Gasteiger partial charge in [-0.05, 0) is 96.8 Å². The monoisotopic (exact) mass is 578 g/mol. The molecule has 0 N–H and O–H groups in total. The number of hydrogen-bond donors (Lipinski definition) is 0. The zero-order valence-corrected chi connectivity index (χ0v) is 26.3. The molecule has 0 saturated carbocycles. The molecule has 44 heavy (non-hydrogen) atoms. The maximum Gasteiger partial charge on any atom is 0.127 e. The molecule has 0 amide bonds. The molecule has 4 nitrogen and oxygen atoms in total. The largest absolute Gasteiger partial charge is 0.496 e. The summed E-state index contributed by atoms with van der Waals surface area (Å²) in [5.41, 5.74) is 9.33. The van der Waals surface area contributed by atoms with Crippen LogP contribution in [-0.2, 0) is 0 Å². The van der Waals surface area contributed by atoms with Crippen LogP contribution in [0.15, 0.2) is 109 Å². The van der Waals surface area contributed by atoms with Crippen molar-refractivity contribution in [2.45, 2.75) is 39.8 Å². The van der Waals surface area contributed by atoms with E-state index in [0.29, 0.717) is 0 Å². The molecule has 7 rings (SSSR count). The average molecular weight is 579 g/mol. The SMILES string of the molecule is COc1ccc2ccccc2c1-c1ccc2c(c1)N(C(C)C)c1ccc(-c3c(OC)ccc4ccccc34)cc1N2C(C)C. The van der Waals surface area contributed by atoms with Gasteiger partial charge in [0.05, 0.1) is 37.0 Å². The Morgan fingerprint density at radius 1 is 0.455 bits per heavy atom. The predicted molar refractivity (Wildman–Crippen MR) is 186 cm³/mol. The molecule has 0 bridgehead atoms. The minimum atomic E-state index is 0.240. The molecular formula is C40H38N2O2. The van der Waals surface area contributed by atoms with Crippen molar-refractivity contribution >= 4 is 44.3 Å². The molecule has 1 aliphatic rings. The molecule has 1 aliphatic heterocycles. The van der Waals surface area contributed by atoms with Gasteiger partial charge in [0.25, 0.3) is 0 Å². The van der Waals surface area contributed by atoms with Crippen molar-refractivity contribution in [1.29, 1.82) is 0 Å². The second-order valence-electron chi connectivity index (χ2n) is 12.1. The van der Waals surface area contributed by atoms with E-state index in [1.807, 2.05) is 0 Å². The van der Waals surface area contributed by atoms with Gasteiger partial charge >= 0.3 is 0 Å². The Bertz CT molecular complexity index is 1880. The molecule has 0 unspecified atom stereocenters. The second kappa shape index (κ2) is 10.9. The van der Waals surface area contributed by atoms with Crippen molar-refractivity contribution in [1.82, 2.24) is 0 Å². The van der Waals surface area contributed by atoms with Crippen molar-refractivity contribution in [3.63, 3.8) is 0 Å². The lowest BCUT2D eigenvalue weighted by Gasteiger charge is -2.44. The first-order valence-electron chi connectivity index (χ1n) is 15.4. The lowest BCUT2D eigenvalue weighted by atomic mass is 9.93. The lowest BCUT2D eigenvalue weighted by Crippen LogP contribution is -2.36. The van der Waals surface area contributed by atoms with E-state index in [1.54, 1.807) is 14.2 Å². The van der Waals surface area contributed by atoms with E-state index < -0.39 is 0 Å². The van der Waals surface area contributed by atoms with Crippen LogP contribution in [0.2, 0.25) is 0 Å². The van der Waals surface area contributed by atoms with E-state index in [0.717, 1.165) is 33.8 Å². The van der Waals surface area contributed by atoms with Gasteiger partial charge in [0, 0.05) is 23.2 Å². The predicted octanol–water partition coefficient (Wildman–Crippen LogP) is 10.8. The number of benzene rings is 6. The summed E-state index contributed by atoms with van der Waals surface area (Å²) in [4.78, 5) is 4.96. The van der Waals surface area contributed by atoms with Gasteiger partial charge in [-0.25, -0.2) is 0 Å². The Hall–Kier alpha value is -4.96. The maximum atomic E-state index is 5.91. The first-order chi connectivity index (χ1) is 21.4. The minimum absolute atomic E-state index is 0.240. The van der Waals surface area contributed by atoms with Crippen molar-refractivity contribution in [3.8, 4) is 33.8 Å². The Balaban J connectivity index is 1.45. The van der Waals surface area contributed by atoms with Crippen LogP contribution < -0.4 is 19.3 Å². The van der Waals surface area contributed by atoms with Crippen molar-refractivity contribution in [2.75, 3.05) is 24.0 Å². The third-order valence-corrected chi connectivity index (χ3v) is 8.82. The minimum Gasteiger partial charge on any atom is -0.496 e. The molecule has 4 heteroatoms. The molecule has 0 fully saturated rings. The molecular weight excluding hydrogens is 540 g/mol. The van der Waals surface area contributed by atoms with Crippen LogP contribution in [-0.4, -0.2) is 26.3 Å². The first kappa shape index (κ1) is 27.8. The number of hydrogen-bond acceptors (Lipinski definition) is 4. The van der Waals surface area contributed by atoms with Crippen LogP contribution in [0.25, 0.3) is 43.8 Å². The van der Waals surface area contributed by atoms with Gasteiger partial charge in [-0.3, -0.25) is 0 Å². The molecule has 0 radical (unpaired) electrons. The Kier molecular flexibility index (Phi) is 6.93. The summed E-state index contributed by atoms with van der Waals surface area (Å²) in [6, 6.07) is 39.8. The summed E-state index contributed by atoms with van der Waals surface area (Å²) < 4.78 is 11.8. The fraction of sp³-hybridized carbons (Fsp3) is 0.200. The van der Waals surface area contributed by atoms with Gasteiger partial charge in [0.15, 0.2) is 0 Å². The van der Waals surface area contributed by atoms with E-state index in [-0.39, 0.29) is 12.1 Å². The Morgan fingerprint density at radius 3 is 1.25 bits per heavy atom. The van der Waals surface area contributed by atoms with Gasteiger partial charge in [0.2, 0.25) is 0 Å². The molecule has 6 aromatic carbocycles. The molecule has 0 atom stereocenters. The van der Waals surface area contributed by atoms with Crippen molar-refractivity contribution < 1.29 is 9.47 Å². The number of methoxy groups -OCH3 is 2. The number of rotatable bonds is 6. The molecule has 0 aliphatic carbocycles. The van der Waals surface area contributed by atoms with Gasteiger partial charge in [-0.1, -0.05) is 72.8 Å². The summed E-state index contributed by atoms with van der Waals surface area (Å²) in [6.07, 6.45) is 0. The Morgan fingerprint density at radius 2 is 0.864 bits per heavy atom. The van der Waals surface area contributed by atoms with E-state index >= 15 is 0 Å². The molecule has 0 aromatic heterocycles. The van der Waals surface area contributed by atoms with Crippen molar-refractivity contribution in [3.05, 3.63) is 109 Å². The van der Waals surface area contributed by atoms with Gasteiger partial charge in [-0.2, -0.15) is 0 Å². The zero-order chi connectivity index (χ0) is 30.5. The quantitative estimate of drug-likeness (QED) is 0.196. The highest BCUT2D eigenvalue weighted by atomic mass is 16.5. The highest BCUT2D eigenvalue weighted by Crippen LogP contribution is 2.53. The summed E-state index contributed by atoms with van der Waals surface area (Å²) in [7, 11) is 3.51. The summed E-state index contributed by atoms with van der Waals surface area (Å²) in [6.45, 7) is 9.08. The summed E-state index contributed by atoms with van der Waals surface area (Å²) >= 11 is 0. The van der Waals surface area contributed by atoms with Crippen LogP contribution in [0.1, 0.15) is 27.7 Å². The van der Waals surface area contributed by atoms with E-state index in [4.69, 9.17) is 9.47 Å². The second-order valence-corrected chi connectivity index (χ2v) is 12.1. The standard InChI is InChI=1S/C40H38N2O2/c1-25(2)41-33-19-15-30(40-32-14-10-8-12-28(32)18-22-38(40)44-6)24-36(33)42(26(3)4)34-20-16-29(23-35(34)41)39-31-13-9-7-11-27(31)17-21-37(39)43-5/h7-26H,1-6H3. The first-order valence-corrected chi connectivity index (χ1v) is 15.4. The number of anilines is 4. The number of ether oxygens (including phenoxy) is 2. The average Bonchev–Trinajstić information content (AvgIpc) is 3.05. The Labute approximate surface area is 260 Å².